The van der Waals surface area contributed by atoms with Gasteiger partial charge in [0.2, 0.25) is 0 Å². The van der Waals surface area contributed by atoms with E-state index < -0.39 is 16.6 Å². The highest BCUT2D eigenvalue weighted by molar-refractivity contribution is 5.95. The van der Waals surface area contributed by atoms with Crippen LogP contribution in [-0.2, 0) is 6.54 Å². The van der Waals surface area contributed by atoms with E-state index in [1.54, 1.807) is 24.4 Å². The molecule has 2 N–H and O–H groups in total. The minimum atomic E-state index is -1.34. The van der Waals surface area contributed by atoms with E-state index in [9.17, 15) is 14.9 Å². The minimum absolute atomic E-state index is 0.153. The number of anilines is 1. The summed E-state index contributed by atoms with van der Waals surface area (Å²) in [7, 11) is 0. The first kappa shape index (κ1) is 13.5. The number of para-hydroxylation sites is 1. The molecule has 2 rings (SSSR count). The zero-order valence-corrected chi connectivity index (χ0v) is 10.3. The lowest BCUT2D eigenvalue weighted by Gasteiger charge is -2.08. The van der Waals surface area contributed by atoms with Gasteiger partial charge in [0.25, 0.3) is 0 Å². The van der Waals surface area contributed by atoms with Gasteiger partial charge in [0.15, 0.2) is 0 Å². The second kappa shape index (κ2) is 5.79. The molecule has 0 aliphatic heterocycles. The molecule has 1 heterocycles. The van der Waals surface area contributed by atoms with Crippen molar-refractivity contribution >= 4 is 17.3 Å². The van der Waals surface area contributed by atoms with Crippen molar-refractivity contribution in [2.45, 2.75) is 6.54 Å². The van der Waals surface area contributed by atoms with Gasteiger partial charge in [-0.05, 0) is 24.3 Å². The minimum Gasteiger partial charge on any atom is -0.477 e. The molecule has 0 unspecified atom stereocenters. The Kier molecular flexibility index (Phi) is 3.90. The summed E-state index contributed by atoms with van der Waals surface area (Å²) < 4.78 is 0. The molecule has 0 bridgehead atoms. The van der Waals surface area contributed by atoms with E-state index in [4.69, 9.17) is 5.11 Å². The number of hydrogen-bond donors (Lipinski definition) is 2. The van der Waals surface area contributed by atoms with Gasteiger partial charge in [0.05, 0.1) is 17.2 Å². The van der Waals surface area contributed by atoms with Crippen molar-refractivity contribution in [3.8, 4) is 0 Å². The van der Waals surface area contributed by atoms with Gasteiger partial charge in [0.1, 0.15) is 11.3 Å². The molecule has 0 aliphatic carbocycles. The van der Waals surface area contributed by atoms with E-state index in [1.807, 2.05) is 0 Å². The maximum atomic E-state index is 11.0. The Labute approximate surface area is 114 Å². The third kappa shape index (κ3) is 2.89. The Morgan fingerprint density at radius 3 is 2.70 bits per heavy atom. The maximum Gasteiger partial charge on any atom is 0.342 e. The molecule has 0 saturated carbocycles. The summed E-state index contributed by atoms with van der Waals surface area (Å²) in [6.45, 7) is 0.269. The summed E-state index contributed by atoms with van der Waals surface area (Å²) >= 11 is 0. The number of benzene rings is 1. The van der Waals surface area contributed by atoms with Gasteiger partial charge in [0, 0.05) is 6.20 Å². The van der Waals surface area contributed by atoms with E-state index in [0.717, 1.165) is 0 Å². The highest BCUT2D eigenvalue weighted by atomic mass is 16.6. The number of nitro benzene ring substituents is 1. The van der Waals surface area contributed by atoms with E-state index in [-0.39, 0.29) is 17.8 Å². The number of rotatable bonds is 5. The van der Waals surface area contributed by atoms with Crippen LogP contribution in [0.5, 0.6) is 0 Å². The summed E-state index contributed by atoms with van der Waals surface area (Å²) in [6.07, 6.45) is 1.61. The zero-order valence-electron chi connectivity index (χ0n) is 10.3. The number of nitro groups is 1. The molecular formula is C13H11N3O4. The fourth-order valence-electron chi connectivity index (χ4n) is 1.74. The predicted molar refractivity (Wildman–Crippen MR) is 71.6 cm³/mol. The van der Waals surface area contributed by atoms with Crippen LogP contribution in [0.3, 0.4) is 0 Å². The smallest absolute Gasteiger partial charge is 0.342 e. The summed E-state index contributed by atoms with van der Waals surface area (Å²) in [5.41, 5.74) is 0.0556. The number of nitrogens with one attached hydrogen (secondary N) is 1. The normalized spacial score (nSPS) is 10.0. The van der Waals surface area contributed by atoms with Crippen molar-refractivity contribution < 1.29 is 14.8 Å². The van der Waals surface area contributed by atoms with Gasteiger partial charge < -0.3 is 10.4 Å². The van der Waals surface area contributed by atoms with Gasteiger partial charge in [-0.25, -0.2) is 4.79 Å². The Morgan fingerprint density at radius 2 is 2.10 bits per heavy atom. The van der Waals surface area contributed by atoms with E-state index in [0.29, 0.717) is 5.69 Å². The molecule has 2 aromatic rings. The van der Waals surface area contributed by atoms with Gasteiger partial charge in [-0.1, -0.05) is 12.1 Å². The molecule has 0 saturated heterocycles. The van der Waals surface area contributed by atoms with Gasteiger partial charge in [-0.3, -0.25) is 15.1 Å². The predicted octanol–water partition coefficient (Wildman–Crippen LogP) is 2.30. The Bertz CT molecular complexity index is 643. The molecule has 7 nitrogen and oxygen atoms in total. The fraction of sp³-hybridized carbons (Fsp3) is 0.0769. The monoisotopic (exact) mass is 273 g/mol. The molecule has 7 heteroatoms. The van der Waals surface area contributed by atoms with Crippen LogP contribution in [0.1, 0.15) is 16.1 Å². The fourth-order valence-corrected chi connectivity index (χ4v) is 1.74. The first-order chi connectivity index (χ1) is 9.59. The van der Waals surface area contributed by atoms with Crippen molar-refractivity contribution in [2.24, 2.45) is 0 Å². The van der Waals surface area contributed by atoms with Crippen molar-refractivity contribution in [3.05, 3.63) is 64.0 Å². The summed E-state index contributed by atoms with van der Waals surface area (Å²) in [4.78, 5) is 25.4. The average molecular weight is 273 g/mol. The summed E-state index contributed by atoms with van der Waals surface area (Å²) in [5.74, 6) is -1.34. The van der Waals surface area contributed by atoms with Crippen molar-refractivity contribution in [1.82, 2.24) is 4.98 Å². The number of hydrogen-bond acceptors (Lipinski definition) is 5. The highest BCUT2D eigenvalue weighted by Gasteiger charge is 2.23. The molecule has 0 aliphatic rings. The van der Waals surface area contributed by atoms with Crippen LogP contribution in [0.2, 0.25) is 0 Å². The third-order valence-electron chi connectivity index (χ3n) is 2.64. The van der Waals surface area contributed by atoms with Crippen LogP contribution in [-0.4, -0.2) is 21.0 Å². The van der Waals surface area contributed by atoms with Crippen LogP contribution < -0.4 is 5.32 Å². The largest absolute Gasteiger partial charge is 0.477 e. The van der Waals surface area contributed by atoms with Crippen molar-refractivity contribution in [3.63, 3.8) is 0 Å². The van der Waals surface area contributed by atoms with E-state index in [2.05, 4.69) is 10.3 Å². The number of pyridine rings is 1. The van der Waals surface area contributed by atoms with Crippen LogP contribution in [0, 0.1) is 10.1 Å². The number of carbonyl (C=O) groups is 1. The molecule has 102 valence electrons. The van der Waals surface area contributed by atoms with Crippen molar-refractivity contribution in [2.75, 3.05) is 5.32 Å². The standard InChI is InChI=1S/C13H11N3O4/c17-13(18)10-5-3-6-11(12(10)16(19)20)15-8-9-4-1-2-7-14-9/h1-7,15H,8H2,(H,17,18). The lowest BCUT2D eigenvalue weighted by atomic mass is 10.1. The second-order valence-corrected chi connectivity index (χ2v) is 3.94. The Balaban J connectivity index is 2.30. The Hall–Kier alpha value is -2.96. The summed E-state index contributed by atoms with van der Waals surface area (Å²) in [6, 6.07) is 9.44. The lowest BCUT2D eigenvalue weighted by molar-refractivity contribution is -0.384. The molecule has 0 fully saturated rings. The first-order valence-electron chi connectivity index (χ1n) is 5.74. The molecule has 0 spiro atoms. The quantitative estimate of drug-likeness (QED) is 0.639. The highest BCUT2D eigenvalue weighted by Crippen LogP contribution is 2.28. The number of nitrogens with zero attached hydrogens (tertiary/aromatic N) is 2. The van der Waals surface area contributed by atoms with Crippen LogP contribution in [0.25, 0.3) is 0 Å². The molecule has 1 aromatic carbocycles. The first-order valence-corrected chi connectivity index (χ1v) is 5.74. The number of aromatic nitrogens is 1. The number of carboxylic acid groups (broad SMARTS) is 1. The number of aromatic carboxylic acids is 1. The third-order valence-corrected chi connectivity index (χ3v) is 2.64. The van der Waals surface area contributed by atoms with Gasteiger partial charge >= 0.3 is 11.7 Å². The van der Waals surface area contributed by atoms with Crippen molar-refractivity contribution in [1.29, 1.82) is 0 Å². The molecule has 0 radical (unpaired) electrons. The van der Waals surface area contributed by atoms with Crippen LogP contribution >= 0.6 is 0 Å². The lowest BCUT2D eigenvalue weighted by Crippen LogP contribution is -2.08. The topological polar surface area (TPSA) is 105 Å². The molecule has 1 aromatic heterocycles. The van der Waals surface area contributed by atoms with Gasteiger partial charge in [-0.2, -0.15) is 0 Å². The summed E-state index contributed by atoms with van der Waals surface area (Å²) in [5, 5.41) is 22.9. The van der Waals surface area contributed by atoms with E-state index >= 15 is 0 Å². The number of carboxylic acids is 1. The SMILES string of the molecule is O=C(O)c1cccc(NCc2ccccn2)c1[N+](=O)[O-]. The second-order valence-electron chi connectivity index (χ2n) is 3.94. The Morgan fingerprint density at radius 1 is 1.30 bits per heavy atom. The van der Waals surface area contributed by atoms with Crippen LogP contribution in [0.4, 0.5) is 11.4 Å². The van der Waals surface area contributed by atoms with Crippen LogP contribution in [0.15, 0.2) is 42.6 Å². The molecule has 0 amide bonds. The van der Waals surface area contributed by atoms with E-state index in [1.165, 1.54) is 18.2 Å². The average Bonchev–Trinajstić information content (AvgIpc) is 2.45. The molecule has 0 atom stereocenters. The maximum absolute atomic E-state index is 11.0. The molecule has 20 heavy (non-hydrogen) atoms. The zero-order chi connectivity index (χ0) is 14.5. The van der Waals surface area contributed by atoms with Gasteiger partial charge in [-0.15, -0.1) is 0 Å². The molecular weight excluding hydrogens is 262 g/mol.